The van der Waals surface area contributed by atoms with Crippen LogP contribution in [0.25, 0.3) is 0 Å². The molecule has 0 atom stereocenters. The van der Waals surface area contributed by atoms with Gasteiger partial charge in [-0.25, -0.2) is 0 Å². The second-order valence-electron chi connectivity index (χ2n) is 4.92. The number of halogens is 2. The first-order valence-electron chi connectivity index (χ1n) is 6.69. The van der Waals surface area contributed by atoms with Gasteiger partial charge >= 0.3 is 0 Å². The van der Waals surface area contributed by atoms with Crippen LogP contribution in [0.4, 0.5) is 0 Å². The molecule has 0 spiro atoms. The molecule has 0 aromatic carbocycles. The molecule has 4 heteroatoms. The Morgan fingerprint density at radius 3 is 2.72 bits per heavy atom. The van der Waals surface area contributed by atoms with E-state index in [2.05, 4.69) is 9.88 Å². The fourth-order valence-corrected chi connectivity index (χ4v) is 3.09. The third kappa shape index (κ3) is 3.84. The zero-order valence-corrected chi connectivity index (χ0v) is 12.1. The van der Waals surface area contributed by atoms with Gasteiger partial charge in [-0.2, -0.15) is 0 Å². The number of rotatable bonds is 5. The summed E-state index contributed by atoms with van der Waals surface area (Å²) >= 11 is 12.1. The average Bonchev–Trinajstić information content (AvgIpc) is 2.42. The highest BCUT2D eigenvalue weighted by Gasteiger charge is 2.21. The number of nitrogens with zero attached hydrogens (tertiary/aromatic N) is 2. The molecule has 1 fully saturated rings. The molecule has 18 heavy (non-hydrogen) atoms. The second kappa shape index (κ2) is 7.32. The minimum atomic E-state index is 0.668. The number of alkyl halides is 1. The first kappa shape index (κ1) is 14.1. The highest BCUT2D eigenvalue weighted by atomic mass is 35.5. The van der Waals surface area contributed by atoms with Gasteiger partial charge in [0.05, 0.1) is 5.02 Å². The van der Waals surface area contributed by atoms with Crippen LogP contribution in [-0.4, -0.2) is 28.4 Å². The third-order valence-corrected chi connectivity index (χ3v) is 4.20. The van der Waals surface area contributed by atoms with Crippen LogP contribution in [0.2, 0.25) is 5.02 Å². The Labute approximate surface area is 119 Å². The Balaban J connectivity index is 2.03. The van der Waals surface area contributed by atoms with Crippen molar-refractivity contribution < 1.29 is 0 Å². The summed E-state index contributed by atoms with van der Waals surface area (Å²) in [7, 11) is 0. The highest BCUT2D eigenvalue weighted by Crippen LogP contribution is 2.25. The van der Waals surface area contributed by atoms with E-state index in [9.17, 15) is 0 Å². The number of pyridine rings is 1. The topological polar surface area (TPSA) is 16.1 Å². The molecule has 1 aliphatic rings. The fourth-order valence-electron chi connectivity index (χ4n) is 2.70. The molecule has 0 radical (unpaired) electrons. The zero-order chi connectivity index (χ0) is 12.8. The fraction of sp³-hybridized carbons (Fsp3) is 0.643. The summed E-state index contributed by atoms with van der Waals surface area (Å²) in [5.74, 6) is 0.680. The van der Waals surface area contributed by atoms with Crippen molar-refractivity contribution >= 4 is 23.2 Å². The van der Waals surface area contributed by atoms with E-state index in [1.165, 1.54) is 32.1 Å². The number of aromatic nitrogens is 1. The molecule has 0 amide bonds. The van der Waals surface area contributed by atoms with Gasteiger partial charge in [0, 0.05) is 37.4 Å². The van der Waals surface area contributed by atoms with Crippen LogP contribution in [-0.2, 0) is 6.54 Å². The summed E-state index contributed by atoms with van der Waals surface area (Å²) in [6, 6.07) is 2.67. The highest BCUT2D eigenvalue weighted by molar-refractivity contribution is 6.31. The smallest absolute Gasteiger partial charge is 0.0634 e. The maximum absolute atomic E-state index is 6.19. The normalized spacial score (nSPS) is 17.3. The SMILES string of the molecule is ClCCN(Cc1ccncc1Cl)C1CCCCC1. The second-order valence-corrected chi connectivity index (χ2v) is 5.70. The molecule has 1 aromatic heterocycles. The van der Waals surface area contributed by atoms with E-state index in [4.69, 9.17) is 23.2 Å². The van der Waals surface area contributed by atoms with Gasteiger partial charge in [-0.1, -0.05) is 30.9 Å². The van der Waals surface area contributed by atoms with Gasteiger partial charge in [0.2, 0.25) is 0 Å². The van der Waals surface area contributed by atoms with Crippen LogP contribution in [0.15, 0.2) is 18.5 Å². The third-order valence-electron chi connectivity index (χ3n) is 3.69. The summed E-state index contributed by atoms with van der Waals surface area (Å²) in [6.07, 6.45) is 10.2. The summed E-state index contributed by atoms with van der Waals surface area (Å²) in [5.41, 5.74) is 1.15. The molecule has 2 rings (SSSR count). The molecule has 1 saturated carbocycles. The van der Waals surface area contributed by atoms with Crippen molar-refractivity contribution in [2.24, 2.45) is 0 Å². The first-order valence-corrected chi connectivity index (χ1v) is 7.61. The van der Waals surface area contributed by atoms with E-state index in [0.717, 1.165) is 23.7 Å². The minimum absolute atomic E-state index is 0.668. The van der Waals surface area contributed by atoms with Crippen molar-refractivity contribution in [1.29, 1.82) is 0 Å². The molecule has 1 aliphatic carbocycles. The van der Waals surface area contributed by atoms with Gasteiger partial charge < -0.3 is 0 Å². The Kier molecular flexibility index (Phi) is 5.74. The van der Waals surface area contributed by atoms with Crippen molar-refractivity contribution in [2.45, 2.75) is 44.7 Å². The first-order chi connectivity index (χ1) is 8.81. The molecular formula is C14H20Cl2N2. The van der Waals surface area contributed by atoms with E-state index < -0.39 is 0 Å². The van der Waals surface area contributed by atoms with Crippen molar-refractivity contribution in [3.05, 3.63) is 29.0 Å². The van der Waals surface area contributed by atoms with Crippen LogP contribution < -0.4 is 0 Å². The number of hydrogen-bond acceptors (Lipinski definition) is 2. The molecule has 0 N–H and O–H groups in total. The van der Waals surface area contributed by atoms with E-state index >= 15 is 0 Å². The Morgan fingerprint density at radius 2 is 2.06 bits per heavy atom. The predicted octanol–water partition coefficient (Wildman–Crippen LogP) is 4.11. The van der Waals surface area contributed by atoms with E-state index in [-0.39, 0.29) is 0 Å². The van der Waals surface area contributed by atoms with Crippen LogP contribution >= 0.6 is 23.2 Å². The molecule has 2 nitrogen and oxygen atoms in total. The monoisotopic (exact) mass is 286 g/mol. The standard InChI is InChI=1S/C14H20Cl2N2/c15-7-9-18(13-4-2-1-3-5-13)11-12-6-8-17-10-14(12)16/h6,8,10,13H,1-5,7,9,11H2. The van der Waals surface area contributed by atoms with Gasteiger partial charge in [0.25, 0.3) is 0 Å². The Bertz CT molecular complexity index is 365. The van der Waals surface area contributed by atoms with E-state index in [1.54, 1.807) is 12.4 Å². The van der Waals surface area contributed by atoms with Crippen LogP contribution in [0.3, 0.4) is 0 Å². The lowest BCUT2D eigenvalue weighted by atomic mass is 9.94. The molecule has 100 valence electrons. The molecule has 0 bridgehead atoms. The maximum atomic E-state index is 6.19. The van der Waals surface area contributed by atoms with E-state index in [0.29, 0.717) is 11.9 Å². The lowest BCUT2D eigenvalue weighted by molar-refractivity contribution is 0.157. The lowest BCUT2D eigenvalue weighted by Gasteiger charge is -2.34. The molecule has 1 aromatic rings. The summed E-state index contributed by atoms with van der Waals surface area (Å²) in [4.78, 5) is 6.51. The zero-order valence-electron chi connectivity index (χ0n) is 10.6. The van der Waals surface area contributed by atoms with Crippen molar-refractivity contribution in [1.82, 2.24) is 9.88 Å². The molecular weight excluding hydrogens is 267 g/mol. The minimum Gasteiger partial charge on any atom is -0.295 e. The molecule has 1 heterocycles. The average molecular weight is 287 g/mol. The summed E-state index contributed by atoms with van der Waals surface area (Å²) in [5, 5.41) is 0.757. The van der Waals surface area contributed by atoms with E-state index in [1.807, 2.05) is 6.07 Å². The van der Waals surface area contributed by atoms with Gasteiger partial charge in [-0.15, -0.1) is 11.6 Å². The molecule has 0 saturated heterocycles. The van der Waals surface area contributed by atoms with Crippen molar-refractivity contribution in [3.63, 3.8) is 0 Å². The molecule has 0 aliphatic heterocycles. The summed E-state index contributed by atoms with van der Waals surface area (Å²) in [6.45, 7) is 1.82. The quantitative estimate of drug-likeness (QED) is 0.758. The van der Waals surface area contributed by atoms with Gasteiger partial charge in [0.15, 0.2) is 0 Å². The van der Waals surface area contributed by atoms with Crippen molar-refractivity contribution in [3.8, 4) is 0 Å². The van der Waals surface area contributed by atoms with Crippen LogP contribution in [0.1, 0.15) is 37.7 Å². The predicted molar refractivity (Wildman–Crippen MR) is 77.3 cm³/mol. The molecule has 0 unspecified atom stereocenters. The van der Waals surface area contributed by atoms with Gasteiger partial charge in [0.1, 0.15) is 0 Å². The maximum Gasteiger partial charge on any atom is 0.0634 e. The number of hydrogen-bond donors (Lipinski definition) is 0. The lowest BCUT2D eigenvalue weighted by Crippen LogP contribution is -2.37. The van der Waals surface area contributed by atoms with Crippen LogP contribution in [0.5, 0.6) is 0 Å². The largest absolute Gasteiger partial charge is 0.295 e. The van der Waals surface area contributed by atoms with Gasteiger partial charge in [-0.05, 0) is 24.5 Å². The van der Waals surface area contributed by atoms with Gasteiger partial charge in [-0.3, -0.25) is 9.88 Å². The Hall–Kier alpha value is -0.310. The van der Waals surface area contributed by atoms with Crippen molar-refractivity contribution in [2.75, 3.05) is 12.4 Å². The summed E-state index contributed by atoms with van der Waals surface area (Å²) < 4.78 is 0. The van der Waals surface area contributed by atoms with Crippen LogP contribution in [0, 0.1) is 0 Å². The Morgan fingerprint density at radius 1 is 1.28 bits per heavy atom.